The van der Waals surface area contributed by atoms with E-state index in [1.807, 2.05) is 36.4 Å². The van der Waals surface area contributed by atoms with Gasteiger partial charge in [-0.25, -0.2) is 4.98 Å². The number of piperidine rings is 1. The Bertz CT molecular complexity index is 1100. The number of hydrogen-bond acceptors (Lipinski definition) is 7. The molecule has 2 heterocycles. The van der Waals surface area contributed by atoms with E-state index >= 15 is 0 Å². The standard InChI is InChI=1S/C29H38N6S/c1-3-4-6-9-23(2)10-11-27-22-36-29(30-27)34-33-25-14-12-24(13-15-25)31-32-26-16-18-28(19-17-26)35-20-7-5-8-21-35/h12-19,22-23H,3-11,20-21H2,1-2H3/b32-31+,34-33+. The van der Waals surface area contributed by atoms with Gasteiger partial charge in [-0.2, -0.15) is 10.2 Å². The van der Waals surface area contributed by atoms with Crippen LogP contribution in [-0.2, 0) is 6.42 Å². The molecule has 1 saturated heterocycles. The summed E-state index contributed by atoms with van der Waals surface area (Å²) in [5, 5.41) is 20.2. The predicted molar refractivity (Wildman–Crippen MR) is 151 cm³/mol. The molecule has 0 radical (unpaired) electrons. The van der Waals surface area contributed by atoms with E-state index in [1.54, 1.807) is 11.3 Å². The normalized spacial score (nSPS) is 15.2. The number of rotatable bonds is 12. The molecule has 7 heteroatoms. The summed E-state index contributed by atoms with van der Waals surface area (Å²) in [7, 11) is 0. The van der Waals surface area contributed by atoms with Crippen LogP contribution in [0, 0.1) is 5.92 Å². The van der Waals surface area contributed by atoms with Gasteiger partial charge in [0, 0.05) is 24.2 Å². The molecule has 190 valence electrons. The molecule has 1 unspecified atom stereocenters. The molecular weight excluding hydrogens is 464 g/mol. The van der Waals surface area contributed by atoms with Gasteiger partial charge < -0.3 is 4.90 Å². The van der Waals surface area contributed by atoms with Crippen LogP contribution in [0.4, 0.5) is 27.9 Å². The van der Waals surface area contributed by atoms with Gasteiger partial charge in [-0.15, -0.1) is 21.6 Å². The number of thiazole rings is 1. The van der Waals surface area contributed by atoms with E-state index in [0.717, 1.165) is 48.2 Å². The minimum absolute atomic E-state index is 0.709. The SMILES string of the molecule is CCCCCC(C)CCc1csc(/N=N/c2ccc(/N=N/c3ccc(N4CCCCC4)cc3)cc2)n1. The molecule has 0 saturated carbocycles. The molecule has 6 nitrogen and oxygen atoms in total. The van der Waals surface area contributed by atoms with Crippen LogP contribution in [0.1, 0.15) is 70.9 Å². The van der Waals surface area contributed by atoms with Crippen molar-refractivity contribution < 1.29 is 0 Å². The van der Waals surface area contributed by atoms with E-state index in [-0.39, 0.29) is 0 Å². The van der Waals surface area contributed by atoms with Crippen LogP contribution in [0.3, 0.4) is 0 Å². The maximum absolute atomic E-state index is 4.63. The fourth-order valence-corrected chi connectivity index (χ4v) is 5.09. The lowest BCUT2D eigenvalue weighted by Gasteiger charge is -2.28. The van der Waals surface area contributed by atoms with Crippen molar-refractivity contribution in [1.82, 2.24) is 4.98 Å². The van der Waals surface area contributed by atoms with E-state index in [2.05, 4.69) is 61.7 Å². The minimum Gasteiger partial charge on any atom is -0.372 e. The summed E-state index contributed by atoms with van der Waals surface area (Å²) in [5.41, 5.74) is 4.82. The molecule has 1 aliphatic rings. The smallest absolute Gasteiger partial charge is 0.230 e. The lowest BCUT2D eigenvalue weighted by Crippen LogP contribution is -2.29. The molecule has 1 atom stereocenters. The van der Waals surface area contributed by atoms with Gasteiger partial charge in [0.05, 0.1) is 22.8 Å². The Morgan fingerprint density at radius 1 is 0.806 bits per heavy atom. The first-order valence-corrected chi connectivity index (χ1v) is 14.3. The second-order valence-electron chi connectivity index (χ2n) is 9.74. The highest BCUT2D eigenvalue weighted by Gasteiger charge is 2.10. The second kappa shape index (κ2) is 14.0. The number of nitrogens with zero attached hydrogens (tertiary/aromatic N) is 6. The third-order valence-electron chi connectivity index (χ3n) is 6.69. The first-order chi connectivity index (χ1) is 17.7. The Hall–Kier alpha value is -2.93. The summed E-state index contributed by atoms with van der Waals surface area (Å²) in [6.45, 7) is 6.89. The number of aromatic nitrogens is 1. The molecule has 36 heavy (non-hydrogen) atoms. The van der Waals surface area contributed by atoms with E-state index in [0.29, 0.717) is 5.13 Å². The predicted octanol–water partition coefficient (Wildman–Crippen LogP) is 10.1. The number of unbranched alkanes of at least 4 members (excludes halogenated alkanes) is 2. The fraction of sp³-hybridized carbons (Fsp3) is 0.483. The van der Waals surface area contributed by atoms with Crippen molar-refractivity contribution in [2.75, 3.05) is 18.0 Å². The quantitative estimate of drug-likeness (QED) is 0.183. The summed E-state index contributed by atoms with van der Waals surface area (Å²) >= 11 is 1.55. The molecule has 0 aliphatic carbocycles. The maximum Gasteiger partial charge on any atom is 0.230 e. The van der Waals surface area contributed by atoms with Gasteiger partial charge in [0.1, 0.15) is 0 Å². The summed E-state index contributed by atoms with van der Waals surface area (Å²) in [4.78, 5) is 7.08. The largest absolute Gasteiger partial charge is 0.372 e. The van der Waals surface area contributed by atoms with Gasteiger partial charge in [-0.3, -0.25) is 0 Å². The molecule has 0 bridgehead atoms. The van der Waals surface area contributed by atoms with Crippen molar-refractivity contribution in [2.24, 2.45) is 26.4 Å². The highest BCUT2D eigenvalue weighted by atomic mass is 32.1. The summed E-state index contributed by atoms with van der Waals surface area (Å²) in [6.07, 6.45) is 11.4. The first-order valence-electron chi connectivity index (χ1n) is 13.4. The van der Waals surface area contributed by atoms with E-state index in [1.165, 1.54) is 57.1 Å². The maximum atomic E-state index is 4.63. The van der Waals surface area contributed by atoms with Crippen LogP contribution >= 0.6 is 11.3 Å². The van der Waals surface area contributed by atoms with Crippen molar-refractivity contribution in [3.8, 4) is 0 Å². The number of anilines is 1. The first kappa shape index (κ1) is 26.1. The summed E-state index contributed by atoms with van der Waals surface area (Å²) in [6, 6.07) is 16.0. The molecule has 3 aromatic rings. The molecule has 1 aliphatic heterocycles. The molecule has 1 fully saturated rings. The van der Waals surface area contributed by atoms with Gasteiger partial charge in [0.15, 0.2) is 0 Å². The minimum atomic E-state index is 0.709. The number of hydrogen-bond donors (Lipinski definition) is 0. The Kier molecular flexibility index (Phi) is 10.1. The summed E-state index contributed by atoms with van der Waals surface area (Å²) < 4.78 is 0. The van der Waals surface area contributed by atoms with E-state index in [9.17, 15) is 0 Å². The van der Waals surface area contributed by atoms with Crippen LogP contribution in [0.5, 0.6) is 0 Å². The molecular formula is C29H38N6S. The topological polar surface area (TPSA) is 65.6 Å². The fourth-order valence-electron chi connectivity index (χ4n) is 4.42. The van der Waals surface area contributed by atoms with Gasteiger partial charge in [-0.1, -0.05) is 39.5 Å². The van der Waals surface area contributed by atoms with Crippen LogP contribution < -0.4 is 4.90 Å². The van der Waals surface area contributed by atoms with Crippen LogP contribution in [0.15, 0.2) is 74.4 Å². The highest BCUT2D eigenvalue weighted by Crippen LogP contribution is 2.27. The second-order valence-corrected chi connectivity index (χ2v) is 10.6. The Balaban J connectivity index is 1.24. The van der Waals surface area contributed by atoms with E-state index < -0.39 is 0 Å². The third-order valence-corrected chi connectivity index (χ3v) is 7.46. The van der Waals surface area contributed by atoms with Crippen LogP contribution in [0.2, 0.25) is 0 Å². The average Bonchev–Trinajstić information content (AvgIpc) is 3.39. The molecule has 2 aromatic carbocycles. The zero-order valence-corrected chi connectivity index (χ0v) is 22.5. The lowest BCUT2D eigenvalue weighted by molar-refractivity contribution is 0.463. The number of azo groups is 2. The summed E-state index contributed by atoms with van der Waals surface area (Å²) in [5.74, 6) is 0.748. The molecule has 0 amide bonds. The monoisotopic (exact) mass is 502 g/mol. The van der Waals surface area contributed by atoms with Gasteiger partial charge in [0.2, 0.25) is 5.13 Å². The van der Waals surface area contributed by atoms with Crippen LogP contribution in [0.25, 0.3) is 0 Å². The van der Waals surface area contributed by atoms with Crippen molar-refractivity contribution in [3.05, 3.63) is 59.6 Å². The van der Waals surface area contributed by atoms with Gasteiger partial charge in [0.25, 0.3) is 0 Å². The molecule has 0 N–H and O–H groups in total. The lowest BCUT2D eigenvalue weighted by atomic mass is 9.98. The van der Waals surface area contributed by atoms with Gasteiger partial charge >= 0.3 is 0 Å². The Labute approximate surface area is 219 Å². The number of aryl methyl sites for hydroxylation is 1. The van der Waals surface area contributed by atoms with Gasteiger partial charge in [-0.05, 0) is 86.6 Å². The number of benzene rings is 2. The van der Waals surface area contributed by atoms with Crippen molar-refractivity contribution in [1.29, 1.82) is 0 Å². The Morgan fingerprint density at radius 2 is 1.42 bits per heavy atom. The molecule has 0 spiro atoms. The molecule has 1 aromatic heterocycles. The highest BCUT2D eigenvalue weighted by molar-refractivity contribution is 7.13. The van der Waals surface area contributed by atoms with Crippen molar-refractivity contribution in [3.63, 3.8) is 0 Å². The van der Waals surface area contributed by atoms with E-state index in [4.69, 9.17) is 0 Å². The van der Waals surface area contributed by atoms with Crippen LogP contribution in [-0.4, -0.2) is 18.1 Å². The third kappa shape index (κ3) is 8.33. The van der Waals surface area contributed by atoms with Crippen molar-refractivity contribution >= 4 is 39.2 Å². The van der Waals surface area contributed by atoms with Crippen molar-refractivity contribution in [2.45, 2.75) is 71.6 Å². The zero-order chi connectivity index (χ0) is 25.0. The zero-order valence-electron chi connectivity index (χ0n) is 21.6. The Morgan fingerprint density at radius 3 is 2.06 bits per heavy atom. The average molecular weight is 503 g/mol. The molecule has 4 rings (SSSR count).